The van der Waals surface area contributed by atoms with Crippen LogP contribution in [0.2, 0.25) is 0 Å². The van der Waals surface area contributed by atoms with Gasteiger partial charge in [-0.05, 0) is 29.3 Å². The molecule has 6 nitrogen and oxygen atoms in total. The first-order valence-electron chi connectivity index (χ1n) is 10.5. The minimum atomic E-state index is -1.04. The molecule has 1 atom stereocenters. The summed E-state index contributed by atoms with van der Waals surface area (Å²) in [5.41, 5.74) is 2.39. The topological polar surface area (TPSA) is 80.4 Å². The van der Waals surface area contributed by atoms with Crippen LogP contribution < -0.4 is 5.32 Å². The Hall–Kier alpha value is -3.97. The van der Waals surface area contributed by atoms with Crippen molar-refractivity contribution >= 4 is 22.8 Å². The van der Waals surface area contributed by atoms with Gasteiger partial charge in [0.15, 0.2) is 6.04 Å². The predicted molar refractivity (Wildman–Crippen MR) is 122 cm³/mol. The van der Waals surface area contributed by atoms with E-state index in [0.717, 1.165) is 11.1 Å². The van der Waals surface area contributed by atoms with E-state index in [9.17, 15) is 14.0 Å². The molecule has 0 aliphatic heterocycles. The molecule has 3 aromatic carbocycles. The summed E-state index contributed by atoms with van der Waals surface area (Å²) in [7, 11) is 0. The average Bonchev–Trinajstić information content (AvgIpc) is 3.29. The summed E-state index contributed by atoms with van der Waals surface area (Å²) in [4.78, 5) is 28.5. The third-order valence-electron chi connectivity index (χ3n) is 5.07. The molecule has 1 heterocycles. The van der Waals surface area contributed by atoms with E-state index >= 15 is 0 Å². The van der Waals surface area contributed by atoms with E-state index in [1.165, 1.54) is 12.1 Å². The second kappa shape index (κ2) is 10.6. The average molecular weight is 446 g/mol. The third kappa shape index (κ3) is 5.84. The quantitative estimate of drug-likeness (QED) is 0.374. The van der Waals surface area contributed by atoms with Crippen LogP contribution in [0.1, 0.15) is 21.6 Å². The van der Waals surface area contributed by atoms with Crippen LogP contribution in [0, 0.1) is 5.82 Å². The molecule has 168 valence electrons. The van der Waals surface area contributed by atoms with E-state index in [4.69, 9.17) is 9.47 Å². The number of halogens is 1. The summed E-state index contributed by atoms with van der Waals surface area (Å²) < 4.78 is 25.1. The Morgan fingerprint density at radius 1 is 0.879 bits per heavy atom. The number of hydrogen-bond donors (Lipinski definition) is 2. The second-order valence-electron chi connectivity index (χ2n) is 7.50. The van der Waals surface area contributed by atoms with Crippen molar-refractivity contribution in [3.63, 3.8) is 0 Å². The van der Waals surface area contributed by atoms with Crippen LogP contribution in [-0.2, 0) is 27.5 Å². The van der Waals surface area contributed by atoms with Gasteiger partial charge >= 0.3 is 5.97 Å². The van der Waals surface area contributed by atoms with Gasteiger partial charge in [0.1, 0.15) is 18.1 Å². The highest BCUT2D eigenvalue weighted by atomic mass is 19.1. The zero-order chi connectivity index (χ0) is 23.0. The fourth-order valence-electron chi connectivity index (χ4n) is 3.34. The van der Waals surface area contributed by atoms with Crippen LogP contribution in [0.3, 0.4) is 0 Å². The summed E-state index contributed by atoms with van der Waals surface area (Å²) in [6.07, 6.45) is 0. The second-order valence-corrected chi connectivity index (χ2v) is 7.50. The number of amides is 1. The van der Waals surface area contributed by atoms with E-state index in [-0.39, 0.29) is 25.5 Å². The summed E-state index contributed by atoms with van der Waals surface area (Å²) >= 11 is 0. The van der Waals surface area contributed by atoms with E-state index < -0.39 is 23.7 Å². The number of carbonyl (C=O) groups is 2. The normalized spacial score (nSPS) is 11.8. The Balaban J connectivity index is 1.44. The van der Waals surface area contributed by atoms with Crippen molar-refractivity contribution in [2.45, 2.75) is 19.3 Å². The molecule has 0 radical (unpaired) electrons. The molecule has 0 saturated carbocycles. The minimum absolute atomic E-state index is 0.0718. The maximum absolute atomic E-state index is 14.0. The number of rotatable bonds is 9. The Kier molecular flexibility index (Phi) is 7.12. The van der Waals surface area contributed by atoms with Crippen LogP contribution in [-0.4, -0.2) is 29.5 Å². The number of H-pyrrole nitrogens is 1. The van der Waals surface area contributed by atoms with Crippen LogP contribution in [0.25, 0.3) is 10.9 Å². The third-order valence-corrected chi connectivity index (χ3v) is 5.07. The molecular formula is C26H23FN2O4. The highest BCUT2D eigenvalue weighted by molar-refractivity contribution is 5.99. The molecule has 4 aromatic rings. The lowest BCUT2D eigenvalue weighted by Gasteiger charge is -2.18. The number of aromatic amines is 1. The Bertz CT molecular complexity index is 1230. The van der Waals surface area contributed by atoms with Gasteiger partial charge in [-0.3, -0.25) is 4.79 Å². The van der Waals surface area contributed by atoms with Crippen molar-refractivity contribution in [2.24, 2.45) is 0 Å². The molecule has 0 saturated heterocycles. The largest absolute Gasteiger partial charge is 0.459 e. The van der Waals surface area contributed by atoms with Crippen LogP contribution >= 0.6 is 0 Å². The number of aromatic nitrogens is 1. The van der Waals surface area contributed by atoms with Crippen LogP contribution in [0.4, 0.5) is 4.39 Å². The van der Waals surface area contributed by atoms with Crippen molar-refractivity contribution in [3.8, 4) is 0 Å². The number of carbonyl (C=O) groups excluding carboxylic acids is 2. The van der Waals surface area contributed by atoms with E-state index in [1.54, 1.807) is 12.1 Å². The van der Waals surface area contributed by atoms with Gasteiger partial charge in [-0.25, -0.2) is 9.18 Å². The van der Waals surface area contributed by atoms with Crippen molar-refractivity contribution in [2.75, 3.05) is 6.61 Å². The van der Waals surface area contributed by atoms with Crippen molar-refractivity contribution < 1.29 is 23.5 Å². The number of fused-ring (bicyclic) bond motifs is 1. The molecule has 0 aliphatic carbocycles. The van der Waals surface area contributed by atoms with Crippen LogP contribution in [0.5, 0.6) is 0 Å². The number of hydrogen-bond acceptors (Lipinski definition) is 4. The Labute approximate surface area is 190 Å². The lowest BCUT2D eigenvalue weighted by molar-refractivity contribution is -0.149. The van der Waals surface area contributed by atoms with Crippen molar-refractivity contribution in [3.05, 3.63) is 108 Å². The van der Waals surface area contributed by atoms with E-state index in [1.807, 2.05) is 60.7 Å². The van der Waals surface area contributed by atoms with Crippen LogP contribution in [0.15, 0.2) is 84.9 Å². The van der Waals surface area contributed by atoms with Gasteiger partial charge in [-0.15, -0.1) is 0 Å². The lowest BCUT2D eigenvalue weighted by Crippen LogP contribution is -2.45. The molecule has 0 bridgehead atoms. The Morgan fingerprint density at radius 2 is 1.55 bits per heavy atom. The summed E-state index contributed by atoms with van der Waals surface area (Å²) in [6, 6.07) is 23.6. The lowest BCUT2D eigenvalue weighted by atomic mass is 10.2. The first kappa shape index (κ1) is 22.2. The van der Waals surface area contributed by atoms with Crippen molar-refractivity contribution in [1.29, 1.82) is 0 Å². The van der Waals surface area contributed by atoms with E-state index in [2.05, 4.69) is 10.3 Å². The molecule has 7 heteroatoms. The summed E-state index contributed by atoms with van der Waals surface area (Å²) in [5, 5.41) is 2.94. The maximum Gasteiger partial charge on any atom is 0.331 e. The zero-order valence-electron chi connectivity index (χ0n) is 17.8. The van der Waals surface area contributed by atoms with Gasteiger partial charge in [-0.2, -0.15) is 0 Å². The van der Waals surface area contributed by atoms with Crippen molar-refractivity contribution in [1.82, 2.24) is 10.3 Å². The number of benzene rings is 3. The molecule has 0 aliphatic rings. The molecule has 2 N–H and O–H groups in total. The molecular weight excluding hydrogens is 423 g/mol. The molecule has 4 rings (SSSR count). The molecule has 1 aromatic heterocycles. The fraction of sp³-hybridized carbons (Fsp3) is 0.154. The molecule has 1 amide bonds. The molecule has 33 heavy (non-hydrogen) atoms. The van der Waals surface area contributed by atoms with Gasteiger partial charge in [0.2, 0.25) is 0 Å². The monoisotopic (exact) mass is 446 g/mol. The standard InChI is InChI=1S/C26H23FN2O4/c27-21-12-7-13-22-20(21)14-23(28-22)25(30)29-24(17-32-15-18-8-3-1-4-9-18)26(31)33-16-19-10-5-2-6-11-19/h1-14,24,28H,15-17H2,(H,29,30). The first-order valence-corrected chi connectivity index (χ1v) is 10.5. The highest BCUT2D eigenvalue weighted by Crippen LogP contribution is 2.18. The SMILES string of the molecule is O=C(NC(COCc1ccccc1)C(=O)OCc1ccccc1)c1cc2c(F)cccc2[nH]1. The first-order chi connectivity index (χ1) is 16.1. The fourth-order valence-corrected chi connectivity index (χ4v) is 3.34. The van der Waals surface area contributed by atoms with E-state index in [0.29, 0.717) is 10.9 Å². The summed E-state index contributed by atoms with van der Waals surface area (Å²) in [6.45, 7) is 0.266. The predicted octanol–water partition coefficient (Wildman–Crippen LogP) is 4.37. The van der Waals surface area contributed by atoms with Gasteiger partial charge in [-0.1, -0.05) is 66.7 Å². The van der Waals surface area contributed by atoms with Gasteiger partial charge in [0.25, 0.3) is 5.91 Å². The smallest absolute Gasteiger partial charge is 0.331 e. The van der Waals surface area contributed by atoms with Gasteiger partial charge in [0, 0.05) is 10.9 Å². The van der Waals surface area contributed by atoms with Gasteiger partial charge < -0.3 is 19.8 Å². The number of nitrogens with one attached hydrogen (secondary N) is 2. The number of esters is 1. The highest BCUT2D eigenvalue weighted by Gasteiger charge is 2.24. The minimum Gasteiger partial charge on any atom is -0.459 e. The zero-order valence-corrected chi connectivity index (χ0v) is 17.8. The molecule has 1 unspecified atom stereocenters. The molecule has 0 spiro atoms. The Morgan fingerprint density at radius 3 is 2.21 bits per heavy atom. The van der Waals surface area contributed by atoms with Gasteiger partial charge in [0.05, 0.1) is 13.2 Å². The maximum atomic E-state index is 14.0. The molecule has 0 fully saturated rings. The summed E-state index contributed by atoms with van der Waals surface area (Å²) in [5.74, 6) is -1.62. The number of ether oxygens (including phenoxy) is 2.